The predicted octanol–water partition coefficient (Wildman–Crippen LogP) is 2.51. The van der Waals surface area contributed by atoms with Gasteiger partial charge in [0.1, 0.15) is 11.8 Å². The number of hydrogen-bond donors (Lipinski definition) is 0. The lowest BCUT2D eigenvalue weighted by Gasteiger charge is -2.36. The van der Waals surface area contributed by atoms with Crippen LogP contribution in [0.25, 0.3) is 6.08 Å². The van der Waals surface area contributed by atoms with Crippen LogP contribution in [0.2, 0.25) is 0 Å². The molecule has 1 aliphatic rings. The van der Waals surface area contributed by atoms with Crippen molar-refractivity contribution in [3.8, 4) is 23.3 Å². The van der Waals surface area contributed by atoms with E-state index >= 15 is 0 Å². The van der Waals surface area contributed by atoms with Crippen LogP contribution in [-0.2, 0) is 14.3 Å². The van der Waals surface area contributed by atoms with Crippen molar-refractivity contribution in [2.24, 2.45) is 0 Å². The number of piperazine rings is 1. The van der Waals surface area contributed by atoms with Gasteiger partial charge < -0.3 is 28.7 Å². The molecule has 0 aromatic heterocycles. The monoisotopic (exact) mass is 465 g/mol. The molecule has 178 valence electrons. The van der Waals surface area contributed by atoms with Crippen LogP contribution in [0.4, 0.5) is 5.69 Å². The molecule has 0 N–H and O–H groups in total. The lowest BCUT2D eigenvalue weighted by Crippen LogP contribution is -2.49. The van der Waals surface area contributed by atoms with Crippen LogP contribution < -0.4 is 19.1 Å². The first-order valence-electron chi connectivity index (χ1n) is 10.7. The van der Waals surface area contributed by atoms with E-state index in [-0.39, 0.29) is 19.1 Å². The Hall–Kier alpha value is -4.19. The summed E-state index contributed by atoms with van der Waals surface area (Å²) in [5.74, 6) is 0.830. The summed E-state index contributed by atoms with van der Waals surface area (Å²) in [6.45, 7) is 2.10. The minimum Gasteiger partial charge on any atom is -0.497 e. The van der Waals surface area contributed by atoms with Crippen LogP contribution >= 0.6 is 0 Å². The lowest BCUT2D eigenvalue weighted by atomic mass is 10.2. The fourth-order valence-corrected chi connectivity index (χ4v) is 3.46. The van der Waals surface area contributed by atoms with Crippen LogP contribution in [-0.4, -0.2) is 70.4 Å². The Bertz CT molecular complexity index is 1050. The number of nitrogens with zero attached hydrogens (tertiary/aromatic N) is 3. The summed E-state index contributed by atoms with van der Waals surface area (Å²) in [4.78, 5) is 28.4. The third kappa shape index (κ3) is 6.65. The van der Waals surface area contributed by atoms with Gasteiger partial charge in [0, 0.05) is 37.9 Å². The molecule has 0 aliphatic carbocycles. The van der Waals surface area contributed by atoms with Crippen LogP contribution in [0.5, 0.6) is 17.2 Å². The molecule has 3 rings (SSSR count). The zero-order valence-electron chi connectivity index (χ0n) is 19.2. The molecule has 0 unspecified atom stereocenters. The predicted molar refractivity (Wildman–Crippen MR) is 126 cm³/mol. The molecule has 0 spiro atoms. The Morgan fingerprint density at radius 1 is 1.00 bits per heavy atom. The zero-order chi connectivity index (χ0) is 24.3. The number of anilines is 1. The van der Waals surface area contributed by atoms with Crippen molar-refractivity contribution in [2.45, 2.75) is 0 Å². The number of benzene rings is 2. The molecule has 0 atom stereocenters. The standard InChI is InChI=1S/C25H27N3O6/c1-31-21-7-5-20(6-8-21)27-12-14-28(15-13-27)24(29)18-34-25(30)10-4-19-3-9-22(33-16-11-26)23(17-19)32-2/h3-10,17H,12-16,18H2,1-2H3/b10-4+. The second kappa shape index (κ2) is 12.2. The highest BCUT2D eigenvalue weighted by Gasteiger charge is 2.22. The molecule has 1 fully saturated rings. The van der Waals surface area contributed by atoms with Gasteiger partial charge in [0.25, 0.3) is 5.91 Å². The van der Waals surface area contributed by atoms with Crippen molar-refractivity contribution in [2.75, 3.05) is 58.5 Å². The molecular formula is C25H27N3O6. The molecular weight excluding hydrogens is 438 g/mol. The second-order valence-corrected chi connectivity index (χ2v) is 7.36. The first-order valence-corrected chi connectivity index (χ1v) is 10.7. The molecule has 1 saturated heterocycles. The summed E-state index contributed by atoms with van der Waals surface area (Å²) in [5.41, 5.74) is 1.75. The summed E-state index contributed by atoms with van der Waals surface area (Å²) in [6.07, 6.45) is 2.80. The van der Waals surface area contributed by atoms with Crippen LogP contribution in [0.15, 0.2) is 48.5 Å². The van der Waals surface area contributed by atoms with Gasteiger partial charge in [0.15, 0.2) is 24.7 Å². The van der Waals surface area contributed by atoms with Crippen molar-refractivity contribution in [1.82, 2.24) is 4.90 Å². The number of carbonyl (C=O) groups is 2. The van der Waals surface area contributed by atoms with Gasteiger partial charge in [-0.1, -0.05) is 6.07 Å². The summed E-state index contributed by atoms with van der Waals surface area (Å²) >= 11 is 0. The molecule has 1 heterocycles. The van der Waals surface area contributed by atoms with Gasteiger partial charge in [0.05, 0.1) is 14.2 Å². The van der Waals surface area contributed by atoms with Gasteiger partial charge in [-0.3, -0.25) is 4.79 Å². The van der Waals surface area contributed by atoms with E-state index in [2.05, 4.69) is 4.90 Å². The smallest absolute Gasteiger partial charge is 0.331 e. The molecule has 2 aromatic carbocycles. The van der Waals surface area contributed by atoms with Crippen molar-refractivity contribution in [3.05, 3.63) is 54.1 Å². The quantitative estimate of drug-likeness (QED) is 0.411. The minimum atomic E-state index is -0.617. The molecule has 2 aromatic rings. The third-order valence-corrected chi connectivity index (χ3v) is 5.30. The van der Waals surface area contributed by atoms with Crippen molar-refractivity contribution < 1.29 is 28.5 Å². The minimum absolute atomic E-state index is 0.0948. The maximum Gasteiger partial charge on any atom is 0.331 e. The molecule has 9 heteroatoms. The molecule has 34 heavy (non-hydrogen) atoms. The maximum atomic E-state index is 12.4. The van der Waals surface area contributed by atoms with Gasteiger partial charge in [0.2, 0.25) is 0 Å². The van der Waals surface area contributed by atoms with Crippen LogP contribution in [0.3, 0.4) is 0 Å². The van der Waals surface area contributed by atoms with E-state index in [0.717, 1.165) is 11.4 Å². The number of esters is 1. The Morgan fingerprint density at radius 3 is 2.38 bits per heavy atom. The van der Waals surface area contributed by atoms with E-state index in [9.17, 15) is 9.59 Å². The molecule has 0 saturated carbocycles. The maximum absolute atomic E-state index is 12.4. The van der Waals surface area contributed by atoms with Crippen molar-refractivity contribution in [1.29, 1.82) is 5.26 Å². The molecule has 1 amide bonds. The molecule has 0 bridgehead atoms. The third-order valence-electron chi connectivity index (χ3n) is 5.30. The van der Waals surface area contributed by atoms with Gasteiger partial charge in [-0.25, -0.2) is 4.79 Å². The van der Waals surface area contributed by atoms with Gasteiger partial charge in [-0.2, -0.15) is 5.26 Å². The van der Waals surface area contributed by atoms with Gasteiger partial charge in [-0.15, -0.1) is 0 Å². The molecule has 0 radical (unpaired) electrons. The number of rotatable bonds is 9. The number of carbonyl (C=O) groups excluding carboxylic acids is 2. The Balaban J connectivity index is 1.44. The second-order valence-electron chi connectivity index (χ2n) is 7.36. The Morgan fingerprint density at radius 2 is 1.74 bits per heavy atom. The Labute approximate surface area is 198 Å². The summed E-state index contributed by atoms with van der Waals surface area (Å²) in [7, 11) is 3.12. The number of hydrogen-bond acceptors (Lipinski definition) is 8. The Kier molecular flexibility index (Phi) is 8.74. The highest BCUT2D eigenvalue weighted by molar-refractivity contribution is 5.89. The van der Waals surface area contributed by atoms with Crippen molar-refractivity contribution >= 4 is 23.6 Å². The first-order chi connectivity index (χ1) is 16.5. The number of amides is 1. The fourth-order valence-electron chi connectivity index (χ4n) is 3.46. The van der Waals surface area contributed by atoms with E-state index in [1.54, 1.807) is 36.3 Å². The molecule has 1 aliphatic heterocycles. The van der Waals surface area contributed by atoms with E-state index in [4.69, 9.17) is 24.2 Å². The van der Waals surface area contributed by atoms with E-state index in [1.165, 1.54) is 13.2 Å². The first kappa shape index (κ1) is 24.5. The van der Waals surface area contributed by atoms with Gasteiger partial charge in [-0.05, 0) is 48.0 Å². The zero-order valence-corrected chi connectivity index (χ0v) is 19.2. The summed E-state index contributed by atoms with van der Waals surface area (Å²) in [6, 6.07) is 14.7. The largest absolute Gasteiger partial charge is 0.497 e. The highest BCUT2D eigenvalue weighted by atomic mass is 16.5. The summed E-state index contributed by atoms with van der Waals surface area (Å²) < 4.78 is 20.8. The number of methoxy groups -OCH3 is 2. The van der Waals surface area contributed by atoms with E-state index in [0.29, 0.717) is 43.2 Å². The summed E-state index contributed by atoms with van der Waals surface area (Å²) in [5, 5.41) is 8.63. The van der Waals surface area contributed by atoms with Gasteiger partial charge >= 0.3 is 5.97 Å². The van der Waals surface area contributed by atoms with Crippen molar-refractivity contribution in [3.63, 3.8) is 0 Å². The average molecular weight is 466 g/mol. The molecule has 9 nitrogen and oxygen atoms in total. The topological polar surface area (TPSA) is 101 Å². The van der Waals surface area contributed by atoms with Crippen LogP contribution in [0.1, 0.15) is 5.56 Å². The van der Waals surface area contributed by atoms with Crippen LogP contribution in [0, 0.1) is 11.3 Å². The van der Waals surface area contributed by atoms with E-state index < -0.39 is 5.97 Å². The van der Waals surface area contributed by atoms with E-state index in [1.807, 2.05) is 30.3 Å². The number of ether oxygens (including phenoxy) is 4. The highest BCUT2D eigenvalue weighted by Crippen LogP contribution is 2.28. The normalized spacial score (nSPS) is 13.3. The number of nitriles is 1. The fraction of sp³-hybridized carbons (Fsp3) is 0.320. The average Bonchev–Trinajstić information content (AvgIpc) is 2.89. The SMILES string of the molecule is COc1ccc(N2CCN(C(=O)COC(=O)/C=C/c3ccc(OCC#N)c(OC)c3)CC2)cc1. The lowest BCUT2D eigenvalue weighted by molar-refractivity contribution is -0.148.